The van der Waals surface area contributed by atoms with E-state index in [9.17, 15) is 13.2 Å². The second-order valence-corrected chi connectivity index (χ2v) is 10.3. The molecule has 0 fully saturated rings. The van der Waals surface area contributed by atoms with Crippen LogP contribution < -0.4 is 14.4 Å². The van der Waals surface area contributed by atoms with E-state index < -0.39 is 10.0 Å². The van der Waals surface area contributed by atoms with Gasteiger partial charge < -0.3 is 10.1 Å². The van der Waals surface area contributed by atoms with Crippen molar-refractivity contribution in [1.82, 2.24) is 5.32 Å². The van der Waals surface area contributed by atoms with Crippen LogP contribution in [0.3, 0.4) is 0 Å². The summed E-state index contributed by atoms with van der Waals surface area (Å²) in [4.78, 5) is 13.0. The van der Waals surface area contributed by atoms with Crippen LogP contribution in [0.2, 0.25) is 0 Å². The Balaban J connectivity index is 1.83. The van der Waals surface area contributed by atoms with E-state index in [4.69, 9.17) is 4.74 Å². The van der Waals surface area contributed by atoms with E-state index >= 15 is 0 Å². The maximum absolute atomic E-state index is 13.7. The lowest BCUT2D eigenvalue weighted by Gasteiger charge is -2.26. The maximum atomic E-state index is 13.7. The number of benzene rings is 3. The summed E-state index contributed by atoms with van der Waals surface area (Å²) in [6.07, 6.45) is 1.57. The van der Waals surface area contributed by atoms with Crippen LogP contribution in [0, 0.1) is 13.8 Å². The SMILES string of the molecule is COc1ccc(C)cc1S(=O)(=O)N(CC(=O)N[C@H](C)CCc1ccccc1)c1ccc(C)cc1. The highest BCUT2D eigenvalue weighted by atomic mass is 32.2. The van der Waals surface area contributed by atoms with Crippen LogP contribution in [0.25, 0.3) is 0 Å². The van der Waals surface area contributed by atoms with Gasteiger partial charge in [0.05, 0.1) is 12.8 Å². The highest BCUT2D eigenvalue weighted by molar-refractivity contribution is 7.93. The van der Waals surface area contributed by atoms with Crippen molar-refractivity contribution in [1.29, 1.82) is 0 Å². The molecule has 7 heteroatoms. The van der Waals surface area contributed by atoms with Crippen molar-refractivity contribution in [3.8, 4) is 5.75 Å². The zero-order chi connectivity index (χ0) is 24.7. The van der Waals surface area contributed by atoms with Gasteiger partial charge >= 0.3 is 0 Å². The van der Waals surface area contributed by atoms with Gasteiger partial charge in [-0.05, 0) is 69.0 Å². The Morgan fingerprint density at radius 3 is 2.26 bits per heavy atom. The van der Waals surface area contributed by atoms with Crippen molar-refractivity contribution < 1.29 is 17.9 Å². The summed E-state index contributed by atoms with van der Waals surface area (Å²) in [6.45, 7) is 5.33. The van der Waals surface area contributed by atoms with Gasteiger partial charge in [-0.15, -0.1) is 0 Å². The fourth-order valence-corrected chi connectivity index (χ4v) is 5.35. The van der Waals surface area contributed by atoms with E-state index in [2.05, 4.69) is 17.4 Å². The molecule has 0 aromatic heterocycles. The molecule has 0 aliphatic rings. The third kappa shape index (κ3) is 6.38. The first-order valence-corrected chi connectivity index (χ1v) is 12.7. The molecule has 6 nitrogen and oxygen atoms in total. The standard InChI is InChI=1S/C27H32N2O4S/c1-20-10-15-24(16-11-20)29(34(31,32)26-18-21(2)12-17-25(26)33-4)19-27(30)28-22(3)13-14-23-8-6-5-7-9-23/h5-12,15-18,22H,13-14,19H2,1-4H3,(H,28,30)/t22-/m1/s1. The zero-order valence-corrected chi connectivity index (χ0v) is 20.9. The minimum absolute atomic E-state index is 0.0282. The minimum atomic E-state index is -4.07. The summed E-state index contributed by atoms with van der Waals surface area (Å²) in [5.41, 5.74) is 3.38. The van der Waals surface area contributed by atoms with E-state index in [1.807, 2.05) is 51.1 Å². The van der Waals surface area contributed by atoms with Gasteiger partial charge in [0.1, 0.15) is 17.2 Å². The van der Waals surface area contributed by atoms with Gasteiger partial charge in [0, 0.05) is 6.04 Å². The monoisotopic (exact) mass is 480 g/mol. The van der Waals surface area contributed by atoms with Crippen LogP contribution in [0.5, 0.6) is 5.75 Å². The number of hydrogen-bond acceptors (Lipinski definition) is 4. The number of hydrogen-bond donors (Lipinski definition) is 1. The quantitative estimate of drug-likeness (QED) is 0.459. The number of aryl methyl sites for hydroxylation is 3. The largest absolute Gasteiger partial charge is 0.495 e. The first kappa shape index (κ1) is 25.3. The van der Waals surface area contributed by atoms with E-state index in [1.165, 1.54) is 12.7 Å². The molecule has 0 saturated heterocycles. The second kappa shape index (κ2) is 11.2. The molecule has 0 saturated carbocycles. The van der Waals surface area contributed by atoms with Gasteiger partial charge in [0.15, 0.2) is 0 Å². The molecular formula is C27H32N2O4S. The Labute approximate surface area is 202 Å². The molecule has 1 amide bonds. The highest BCUT2D eigenvalue weighted by Gasteiger charge is 2.30. The number of nitrogens with zero attached hydrogens (tertiary/aromatic N) is 1. The first-order valence-electron chi connectivity index (χ1n) is 11.3. The molecule has 0 bridgehead atoms. The van der Waals surface area contributed by atoms with Crippen molar-refractivity contribution in [3.63, 3.8) is 0 Å². The molecule has 0 heterocycles. The van der Waals surface area contributed by atoms with Crippen molar-refractivity contribution in [2.24, 2.45) is 0 Å². The first-order chi connectivity index (χ1) is 16.2. The normalized spacial score (nSPS) is 12.1. The maximum Gasteiger partial charge on any atom is 0.268 e. The van der Waals surface area contributed by atoms with Crippen molar-refractivity contribution in [2.75, 3.05) is 18.0 Å². The molecule has 0 aliphatic carbocycles. The molecule has 3 aromatic carbocycles. The summed E-state index contributed by atoms with van der Waals surface area (Å²) in [5.74, 6) is -0.129. The van der Waals surface area contributed by atoms with E-state index in [-0.39, 0.29) is 29.1 Å². The van der Waals surface area contributed by atoms with Gasteiger partial charge in [0.2, 0.25) is 5.91 Å². The highest BCUT2D eigenvalue weighted by Crippen LogP contribution is 2.31. The number of nitrogens with one attached hydrogen (secondary N) is 1. The third-order valence-electron chi connectivity index (χ3n) is 5.61. The Hall–Kier alpha value is -3.32. The number of anilines is 1. The van der Waals surface area contributed by atoms with Crippen LogP contribution >= 0.6 is 0 Å². The molecular weight excluding hydrogens is 448 g/mol. The topological polar surface area (TPSA) is 75.7 Å². The molecule has 3 aromatic rings. The minimum Gasteiger partial charge on any atom is -0.495 e. The molecule has 1 atom stereocenters. The summed E-state index contributed by atoms with van der Waals surface area (Å²) in [6, 6.07) is 22.0. The predicted octanol–water partition coefficient (Wildman–Crippen LogP) is 4.64. The Morgan fingerprint density at radius 2 is 1.62 bits per heavy atom. The van der Waals surface area contributed by atoms with Gasteiger partial charge in [-0.25, -0.2) is 8.42 Å². The zero-order valence-electron chi connectivity index (χ0n) is 20.1. The smallest absolute Gasteiger partial charge is 0.268 e. The van der Waals surface area contributed by atoms with Crippen LogP contribution in [0.15, 0.2) is 77.7 Å². The number of carbonyl (C=O) groups excluding carboxylic acids is 1. The number of rotatable bonds is 10. The van der Waals surface area contributed by atoms with Crippen LogP contribution in [-0.4, -0.2) is 34.0 Å². The Morgan fingerprint density at radius 1 is 0.971 bits per heavy atom. The Bertz CT molecular complexity index is 1210. The van der Waals surface area contributed by atoms with Gasteiger partial charge in [0.25, 0.3) is 10.0 Å². The molecule has 0 radical (unpaired) electrons. The van der Waals surface area contributed by atoms with Crippen molar-refractivity contribution in [2.45, 2.75) is 44.6 Å². The lowest BCUT2D eigenvalue weighted by atomic mass is 10.1. The second-order valence-electron chi connectivity index (χ2n) is 8.49. The lowest BCUT2D eigenvalue weighted by molar-refractivity contribution is -0.120. The number of amides is 1. The average Bonchev–Trinajstić information content (AvgIpc) is 2.82. The number of ether oxygens (including phenoxy) is 1. The number of carbonyl (C=O) groups is 1. The average molecular weight is 481 g/mol. The van der Waals surface area contributed by atoms with Crippen LogP contribution in [0.1, 0.15) is 30.0 Å². The molecule has 0 aliphatic heterocycles. The number of sulfonamides is 1. The fraction of sp³-hybridized carbons (Fsp3) is 0.296. The van der Waals surface area contributed by atoms with Crippen LogP contribution in [0.4, 0.5) is 5.69 Å². The Kier molecular flexibility index (Phi) is 8.34. The van der Waals surface area contributed by atoms with Crippen LogP contribution in [-0.2, 0) is 21.2 Å². The van der Waals surface area contributed by atoms with E-state index in [1.54, 1.807) is 30.3 Å². The summed E-state index contributed by atoms with van der Waals surface area (Å²) >= 11 is 0. The molecule has 0 unspecified atom stereocenters. The van der Waals surface area contributed by atoms with E-state index in [0.717, 1.165) is 28.3 Å². The molecule has 180 valence electrons. The van der Waals surface area contributed by atoms with Gasteiger partial charge in [-0.2, -0.15) is 0 Å². The van der Waals surface area contributed by atoms with Gasteiger partial charge in [-0.1, -0.05) is 54.1 Å². The third-order valence-corrected chi connectivity index (χ3v) is 7.41. The summed E-state index contributed by atoms with van der Waals surface area (Å²) in [7, 11) is -2.64. The molecule has 34 heavy (non-hydrogen) atoms. The fourth-order valence-electron chi connectivity index (χ4n) is 3.68. The van der Waals surface area contributed by atoms with Crippen molar-refractivity contribution in [3.05, 3.63) is 89.5 Å². The van der Waals surface area contributed by atoms with E-state index in [0.29, 0.717) is 5.69 Å². The van der Waals surface area contributed by atoms with Crippen molar-refractivity contribution >= 4 is 21.6 Å². The van der Waals surface area contributed by atoms with Gasteiger partial charge in [-0.3, -0.25) is 9.10 Å². The molecule has 3 rings (SSSR count). The predicted molar refractivity (Wildman–Crippen MR) is 136 cm³/mol. The summed E-state index contributed by atoms with van der Waals surface area (Å²) in [5, 5.41) is 2.95. The molecule has 0 spiro atoms. The summed E-state index contributed by atoms with van der Waals surface area (Å²) < 4.78 is 34.0. The number of methoxy groups -OCH3 is 1. The lowest BCUT2D eigenvalue weighted by Crippen LogP contribution is -2.43. The molecule has 1 N–H and O–H groups in total.